The molecule has 0 fully saturated rings. The summed E-state index contributed by atoms with van der Waals surface area (Å²) in [4.78, 5) is 13.0. The van der Waals surface area contributed by atoms with Gasteiger partial charge in [0.2, 0.25) is 0 Å². The molecule has 0 saturated heterocycles. The Morgan fingerprint density at radius 3 is 2.71 bits per heavy atom. The average molecular weight is 302 g/mol. The van der Waals surface area contributed by atoms with Crippen molar-refractivity contribution in [3.05, 3.63) is 28.2 Å². The molecule has 0 radical (unpaired) electrons. The van der Waals surface area contributed by atoms with E-state index in [0.717, 1.165) is 18.8 Å². The highest BCUT2D eigenvalue weighted by atomic mass is 79.9. The third-order valence-electron chi connectivity index (χ3n) is 2.50. The first kappa shape index (κ1) is 14.0. The Bertz CT molecular complexity index is 395. The van der Waals surface area contributed by atoms with Gasteiger partial charge in [-0.3, -0.25) is 0 Å². The Morgan fingerprint density at radius 2 is 2.24 bits per heavy atom. The molecule has 0 atom stereocenters. The molecule has 1 aromatic carbocycles. The number of aromatic carboxylic acids is 1. The molecule has 1 rings (SSSR count). The number of benzene rings is 1. The van der Waals surface area contributed by atoms with Crippen LogP contribution < -0.4 is 4.90 Å². The van der Waals surface area contributed by atoms with Crippen molar-refractivity contribution in [1.29, 1.82) is 0 Å². The SMILES string of the molecule is CCN(CCOC)c1ccc(C(=O)O)c(Br)c1. The molecule has 0 aliphatic heterocycles. The van der Waals surface area contributed by atoms with Gasteiger partial charge in [-0.05, 0) is 41.1 Å². The monoisotopic (exact) mass is 301 g/mol. The van der Waals surface area contributed by atoms with Gasteiger partial charge in [-0.2, -0.15) is 0 Å². The number of likely N-dealkylation sites (N-methyl/N-ethyl adjacent to an activating group) is 1. The summed E-state index contributed by atoms with van der Waals surface area (Å²) in [7, 11) is 1.66. The Balaban J connectivity index is 2.90. The second kappa shape index (κ2) is 6.61. The van der Waals surface area contributed by atoms with Crippen molar-refractivity contribution in [3.8, 4) is 0 Å². The molecule has 17 heavy (non-hydrogen) atoms. The first-order chi connectivity index (χ1) is 8.10. The molecule has 5 heteroatoms. The Morgan fingerprint density at radius 1 is 1.53 bits per heavy atom. The highest BCUT2D eigenvalue weighted by Gasteiger charge is 2.11. The van der Waals surface area contributed by atoms with E-state index >= 15 is 0 Å². The van der Waals surface area contributed by atoms with E-state index in [-0.39, 0.29) is 5.56 Å². The van der Waals surface area contributed by atoms with Crippen LogP contribution in [0.3, 0.4) is 0 Å². The van der Waals surface area contributed by atoms with E-state index in [4.69, 9.17) is 9.84 Å². The number of hydrogen-bond acceptors (Lipinski definition) is 3. The van der Waals surface area contributed by atoms with Gasteiger partial charge in [-0.1, -0.05) is 0 Å². The minimum absolute atomic E-state index is 0.275. The van der Waals surface area contributed by atoms with E-state index in [1.54, 1.807) is 13.2 Å². The topological polar surface area (TPSA) is 49.8 Å². The van der Waals surface area contributed by atoms with Gasteiger partial charge in [0, 0.05) is 30.4 Å². The maximum absolute atomic E-state index is 10.9. The van der Waals surface area contributed by atoms with Crippen LogP contribution in [-0.2, 0) is 4.74 Å². The highest BCUT2D eigenvalue weighted by molar-refractivity contribution is 9.10. The molecule has 0 heterocycles. The van der Waals surface area contributed by atoms with Crippen LogP contribution in [0.25, 0.3) is 0 Å². The molecule has 0 aromatic heterocycles. The number of carboxylic acids is 1. The molecule has 0 amide bonds. The largest absolute Gasteiger partial charge is 0.478 e. The summed E-state index contributed by atoms with van der Waals surface area (Å²) < 4.78 is 5.64. The second-order valence-corrected chi connectivity index (χ2v) is 4.40. The summed E-state index contributed by atoms with van der Waals surface area (Å²) in [6, 6.07) is 5.24. The fraction of sp³-hybridized carbons (Fsp3) is 0.417. The summed E-state index contributed by atoms with van der Waals surface area (Å²) in [6.07, 6.45) is 0. The highest BCUT2D eigenvalue weighted by Crippen LogP contribution is 2.24. The van der Waals surface area contributed by atoms with E-state index in [1.165, 1.54) is 0 Å². The molecular formula is C12H16BrNO3. The Kier molecular flexibility index (Phi) is 5.44. The van der Waals surface area contributed by atoms with Crippen molar-refractivity contribution in [2.75, 3.05) is 31.7 Å². The number of hydrogen-bond donors (Lipinski definition) is 1. The lowest BCUT2D eigenvalue weighted by Crippen LogP contribution is -2.26. The molecule has 0 unspecified atom stereocenters. The first-order valence-corrected chi connectivity index (χ1v) is 6.16. The van der Waals surface area contributed by atoms with E-state index in [0.29, 0.717) is 11.1 Å². The fourth-order valence-electron chi connectivity index (χ4n) is 1.55. The number of rotatable bonds is 6. The first-order valence-electron chi connectivity index (χ1n) is 5.36. The summed E-state index contributed by atoms with van der Waals surface area (Å²) in [6.45, 7) is 4.33. The van der Waals surface area contributed by atoms with Crippen LogP contribution in [0.15, 0.2) is 22.7 Å². The van der Waals surface area contributed by atoms with Crippen molar-refractivity contribution in [2.24, 2.45) is 0 Å². The number of halogens is 1. The zero-order chi connectivity index (χ0) is 12.8. The summed E-state index contributed by atoms with van der Waals surface area (Å²) in [5.74, 6) is -0.927. The van der Waals surface area contributed by atoms with Gasteiger partial charge in [0.25, 0.3) is 0 Å². The van der Waals surface area contributed by atoms with Gasteiger partial charge < -0.3 is 14.7 Å². The number of methoxy groups -OCH3 is 1. The van der Waals surface area contributed by atoms with Crippen molar-refractivity contribution < 1.29 is 14.6 Å². The van der Waals surface area contributed by atoms with Crippen LogP contribution in [0.5, 0.6) is 0 Å². The average Bonchev–Trinajstić information content (AvgIpc) is 2.29. The fourth-order valence-corrected chi connectivity index (χ4v) is 2.08. The number of ether oxygens (including phenoxy) is 1. The van der Waals surface area contributed by atoms with Crippen LogP contribution >= 0.6 is 15.9 Å². The zero-order valence-electron chi connectivity index (χ0n) is 9.94. The molecule has 1 N–H and O–H groups in total. The minimum Gasteiger partial charge on any atom is -0.478 e. The normalized spacial score (nSPS) is 10.3. The van der Waals surface area contributed by atoms with Gasteiger partial charge >= 0.3 is 5.97 Å². The molecule has 0 saturated carbocycles. The zero-order valence-corrected chi connectivity index (χ0v) is 11.5. The lowest BCUT2D eigenvalue weighted by atomic mass is 10.2. The molecule has 0 spiro atoms. The van der Waals surface area contributed by atoms with Crippen LogP contribution in [0, 0.1) is 0 Å². The number of nitrogens with zero attached hydrogens (tertiary/aromatic N) is 1. The molecule has 94 valence electrons. The Labute approximate surface area is 109 Å². The predicted octanol–water partition coefficient (Wildman–Crippen LogP) is 2.62. The molecule has 4 nitrogen and oxygen atoms in total. The van der Waals surface area contributed by atoms with Crippen molar-refractivity contribution in [3.63, 3.8) is 0 Å². The smallest absolute Gasteiger partial charge is 0.336 e. The summed E-state index contributed by atoms with van der Waals surface area (Å²) >= 11 is 3.27. The predicted molar refractivity (Wildman–Crippen MR) is 70.9 cm³/mol. The van der Waals surface area contributed by atoms with E-state index in [9.17, 15) is 4.79 Å². The third kappa shape index (κ3) is 3.71. The summed E-state index contributed by atoms with van der Waals surface area (Å²) in [5.41, 5.74) is 1.26. The van der Waals surface area contributed by atoms with E-state index in [2.05, 4.69) is 27.8 Å². The molecule has 0 aliphatic carbocycles. The molecule has 1 aromatic rings. The van der Waals surface area contributed by atoms with Gasteiger partial charge in [-0.15, -0.1) is 0 Å². The third-order valence-corrected chi connectivity index (χ3v) is 3.15. The second-order valence-electron chi connectivity index (χ2n) is 3.54. The summed E-state index contributed by atoms with van der Waals surface area (Å²) in [5, 5.41) is 8.93. The van der Waals surface area contributed by atoms with Crippen molar-refractivity contribution >= 4 is 27.6 Å². The quantitative estimate of drug-likeness (QED) is 0.877. The van der Waals surface area contributed by atoms with Gasteiger partial charge in [0.1, 0.15) is 0 Å². The molecular weight excluding hydrogens is 286 g/mol. The van der Waals surface area contributed by atoms with Crippen molar-refractivity contribution in [1.82, 2.24) is 0 Å². The minimum atomic E-state index is -0.927. The number of carboxylic acid groups (broad SMARTS) is 1. The Hall–Kier alpha value is -1.07. The van der Waals surface area contributed by atoms with Gasteiger partial charge in [-0.25, -0.2) is 4.79 Å². The van der Waals surface area contributed by atoms with Gasteiger partial charge in [0.15, 0.2) is 0 Å². The van der Waals surface area contributed by atoms with Crippen LogP contribution in [0.2, 0.25) is 0 Å². The number of carbonyl (C=O) groups is 1. The lowest BCUT2D eigenvalue weighted by molar-refractivity contribution is 0.0696. The van der Waals surface area contributed by atoms with Crippen LogP contribution in [-0.4, -0.2) is 37.9 Å². The van der Waals surface area contributed by atoms with E-state index < -0.39 is 5.97 Å². The molecule has 0 bridgehead atoms. The maximum atomic E-state index is 10.9. The standard InChI is InChI=1S/C12H16BrNO3/c1-3-14(6-7-17-2)9-4-5-10(12(15)16)11(13)8-9/h4-5,8H,3,6-7H2,1-2H3,(H,15,16). The number of anilines is 1. The van der Waals surface area contributed by atoms with E-state index in [1.807, 2.05) is 12.1 Å². The maximum Gasteiger partial charge on any atom is 0.336 e. The van der Waals surface area contributed by atoms with Crippen molar-refractivity contribution in [2.45, 2.75) is 6.92 Å². The lowest BCUT2D eigenvalue weighted by Gasteiger charge is -2.23. The van der Waals surface area contributed by atoms with Crippen LogP contribution in [0.1, 0.15) is 17.3 Å². The molecule has 0 aliphatic rings. The van der Waals surface area contributed by atoms with Crippen LogP contribution in [0.4, 0.5) is 5.69 Å². The van der Waals surface area contributed by atoms with Gasteiger partial charge in [0.05, 0.1) is 12.2 Å².